The number of nitrogens with two attached hydrogens (primary N) is 1. The van der Waals surface area contributed by atoms with Gasteiger partial charge >= 0.3 is 0 Å². The highest BCUT2D eigenvalue weighted by Crippen LogP contribution is 2.34. The summed E-state index contributed by atoms with van der Waals surface area (Å²) >= 11 is 0. The van der Waals surface area contributed by atoms with Gasteiger partial charge in [0.25, 0.3) is 0 Å². The molecule has 0 aromatic carbocycles. The Hall–Kier alpha value is -0.0400. The van der Waals surface area contributed by atoms with E-state index < -0.39 is 0 Å². The molecule has 146 valence electrons. The average molecular weight is 340 g/mol. The zero-order valence-electron chi connectivity index (χ0n) is 18.6. The summed E-state index contributed by atoms with van der Waals surface area (Å²) in [6, 6.07) is 0.334. The minimum absolute atomic E-state index is 0.334. The van der Waals surface area contributed by atoms with Crippen LogP contribution < -0.4 is 5.73 Å². The van der Waals surface area contributed by atoms with Gasteiger partial charge in [-0.05, 0) is 60.2 Å². The van der Waals surface area contributed by atoms with Crippen LogP contribution in [0.4, 0.5) is 0 Å². The van der Waals surface area contributed by atoms with Gasteiger partial charge in [-0.15, -0.1) is 0 Å². The van der Waals surface area contributed by atoms with Crippen LogP contribution in [0.1, 0.15) is 94.9 Å². The summed E-state index contributed by atoms with van der Waals surface area (Å²) in [4.78, 5) is 0. The van der Waals surface area contributed by atoms with E-state index in [1.54, 1.807) is 0 Å². The quantitative estimate of drug-likeness (QED) is 0.407. The molecule has 0 aliphatic carbocycles. The Balaban J connectivity index is 4.64. The minimum atomic E-state index is 0.334. The topological polar surface area (TPSA) is 26.0 Å². The molecule has 0 aromatic heterocycles. The first-order valence-corrected chi connectivity index (χ1v) is 10.8. The average Bonchev–Trinajstić information content (AvgIpc) is 2.53. The summed E-state index contributed by atoms with van der Waals surface area (Å²) in [6.45, 7) is 23.8. The van der Waals surface area contributed by atoms with E-state index in [2.05, 4.69) is 69.2 Å². The van der Waals surface area contributed by atoms with Gasteiger partial charge in [0.15, 0.2) is 0 Å². The molecule has 0 aliphatic rings. The third-order valence-corrected chi connectivity index (χ3v) is 7.38. The van der Waals surface area contributed by atoms with Crippen molar-refractivity contribution in [2.75, 3.05) is 0 Å². The van der Waals surface area contributed by atoms with Crippen molar-refractivity contribution in [2.45, 2.75) is 101 Å². The second-order valence-electron chi connectivity index (χ2n) is 9.52. The van der Waals surface area contributed by atoms with Gasteiger partial charge in [-0.25, -0.2) is 0 Å². The van der Waals surface area contributed by atoms with Crippen molar-refractivity contribution in [1.29, 1.82) is 0 Å². The first-order chi connectivity index (χ1) is 11.1. The Bertz CT molecular complexity index is 311. The summed E-state index contributed by atoms with van der Waals surface area (Å²) < 4.78 is 0. The fourth-order valence-corrected chi connectivity index (χ4v) is 4.47. The lowest BCUT2D eigenvalue weighted by molar-refractivity contribution is 0.161. The predicted molar refractivity (Wildman–Crippen MR) is 111 cm³/mol. The Morgan fingerprint density at radius 2 is 1.04 bits per heavy atom. The van der Waals surface area contributed by atoms with Crippen molar-refractivity contribution in [3.63, 3.8) is 0 Å². The zero-order valence-corrected chi connectivity index (χ0v) is 18.6. The molecule has 0 saturated heterocycles. The molecule has 24 heavy (non-hydrogen) atoms. The maximum atomic E-state index is 6.73. The van der Waals surface area contributed by atoms with Gasteiger partial charge in [-0.2, -0.15) is 0 Å². The second-order valence-corrected chi connectivity index (χ2v) is 9.52. The molecule has 0 radical (unpaired) electrons. The zero-order chi connectivity index (χ0) is 19.0. The monoisotopic (exact) mass is 339 g/mol. The van der Waals surface area contributed by atoms with Crippen LogP contribution in [-0.4, -0.2) is 6.04 Å². The maximum absolute atomic E-state index is 6.73. The van der Waals surface area contributed by atoms with Gasteiger partial charge in [0.1, 0.15) is 0 Å². The number of rotatable bonds is 12. The molecule has 1 nitrogen and oxygen atoms in total. The Morgan fingerprint density at radius 3 is 1.42 bits per heavy atom. The molecular formula is C23H49N. The van der Waals surface area contributed by atoms with E-state index in [-0.39, 0.29) is 0 Å². The summed E-state index contributed by atoms with van der Waals surface area (Å²) in [7, 11) is 0. The summed E-state index contributed by atoms with van der Waals surface area (Å²) in [5, 5.41) is 0. The lowest BCUT2D eigenvalue weighted by Gasteiger charge is -2.36. The lowest BCUT2D eigenvalue weighted by atomic mass is 9.71. The first kappa shape index (κ1) is 24.0. The molecule has 0 heterocycles. The van der Waals surface area contributed by atoms with Crippen LogP contribution in [0, 0.1) is 47.3 Å². The van der Waals surface area contributed by atoms with E-state index >= 15 is 0 Å². The molecule has 0 aliphatic heterocycles. The summed E-state index contributed by atoms with van der Waals surface area (Å²) in [6.07, 6.45) is 5.15. The van der Waals surface area contributed by atoms with Crippen LogP contribution in [0.25, 0.3) is 0 Å². The molecule has 0 aromatic rings. The van der Waals surface area contributed by atoms with Gasteiger partial charge in [0, 0.05) is 6.04 Å². The standard InChI is InChI=1S/C23H49N/c1-11-16(5)22(12-2)21(10)23(24)20(9)14-19(8)18(7)13-17(6)15(3)4/h15-23H,11-14,24H2,1-10H3. The van der Waals surface area contributed by atoms with Crippen molar-refractivity contribution >= 4 is 0 Å². The number of hydrogen-bond acceptors (Lipinski definition) is 1. The molecule has 2 N–H and O–H groups in total. The molecule has 0 bridgehead atoms. The van der Waals surface area contributed by atoms with Crippen LogP contribution in [-0.2, 0) is 0 Å². The van der Waals surface area contributed by atoms with Gasteiger partial charge in [-0.3, -0.25) is 0 Å². The SMILES string of the molecule is CCC(C)C(CC)C(C)C(N)C(C)CC(C)C(C)CC(C)C(C)C. The first-order valence-electron chi connectivity index (χ1n) is 10.8. The van der Waals surface area contributed by atoms with Gasteiger partial charge in [0.05, 0.1) is 0 Å². The minimum Gasteiger partial charge on any atom is -0.327 e. The predicted octanol–water partition coefficient (Wildman–Crippen LogP) is 7.00. The molecule has 8 atom stereocenters. The van der Waals surface area contributed by atoms with Gasteiger partial charge in [0.2, 0.25) is 0 Å². The van der Waals surface area contributed by atoms with E-state index in [1.165, 1.54) is 25.7 Å². The van der Waals surface area contributed by atoms with Crippen LogP contribution in [0.15, 0.2) is 0 Å². The van der Waals surface area contributed by atoms with Crippen molar-refractivity contribution < 1.29 is 0 Å². The highest BCUT2D eigenvalue weighted by molar-refractivity contribution is 4.83. The second kappa shape index (κ2) is 11.6. The summed E-state index contributed by atoms with van der Waals surface area (Å²) in [5.41, 5.74) is 6.73. The molecule has 0 spiro atoms. The van der Waals surface area contributed by atoms with Crippen molar-refractivity contribution in [1.82, 2.24) is 0 Å². The highest BCUT2D eigenvalue weighted by Gasteiger charge is 2.30. The lowest BCUT2D eigenvalue weighted by Crippen LogP contribution is -2.41. The normalized spacial score (nSPS) is 22.5. The molecular weight excluding hydrogens is 290 g/mol. The molecule has 0 rings (SSSR count). The van der Waals surface area contributed by atoms with E-state index in [0.29, 0.717) is 17.9 Å². The Labute approximate surface area is 154 Å². The third kappa shape index (κ3) is 7.46. The summed E-state index contributed by atoms with van der Waals surface area (Å²) in [5.74, 6) is 5.96. The van der Waals surface area contributed by atoms with Gasteiger partial charge < -0.3 is 5.73 Å². The van der Waals surface area contributed by atoms with Crippen LogP contribution in [0.2, 0.25) is 0 Å². The molecule has 0 saturated carbocycles. The largest absolute Gasteiger partial charge is 0.327 e. The van der Waals surface area contributed by atoms with Crippen molar-refractivity contribution in [3.8, 4) is 0 Å². The fourth-order valence-electron chi connectivity index (χ4n) is 4.47. The van der Waals surface area contributed by atoms with Crippen molar-refractivity contribution in [3.05, 3.63) is 0 Å². The third-order valence-electron chi connectivity index (χ3n) is 7.38. The number of hydrogen-bond donors (Lipinski definition) is 1. The van der Waals surface area contributed by atoms with Crippen LogP contribution in [0.5, 0.6) is 0 Å². The van der Waals surface area contributed by atoms with E-state index in [9.17, 15) is 0 Å². The van der Waals surface area contributed by atoms with Crippen molar-refractivity contribution in [2.24, 2.45) is 53.1 Å². The van der Waals surface area contributed by atoms with Gasteiger partial charge in [-0.1, -0.05) is 82.1 Å². The van der Waals surface area contributed by atoms with E-state index in [0.717, 1.165) is 35.5 Å². The molecule has 0 fully saturated rings. The highest BCUT2D eigenvalue weighted by atomic mass is 14.7. The maximum Gasteiger partial charge on any atom is 0.00932 e. The molecule has 0 amide bonds. The smallest absolute Gasteiger partial charge is 0.00932 e. The molecule has 1 heteroatoms. The van der Waals surface area contributed by atoms with Crippen LogP contribution >= 0.6 is 0 Å². The fraction of sp³-hybridized carbons (Fsp3) is 1.00. The Kier molecular flexibility index (Phi) is 11.5. The Morgan fingerprint density at radius 1 is 0.583 bits per heavy atom. The van der Waals surface area contributed by atoms with Crippen LogP contribution in [0.3, 0.4) is 0 Å². The van der Waals surface area contributed by atoms with E-state index in [4.69, 9.17) is 5.73 Å². The molecule has 8 unspecified atom stereocenters. The van der Waals surface area contributed by atoms with E-state index in [1.807, 2.05) is 0 Å².